The number of carbonyl (C=O) groups excluding carboxylic acids is 2. The van der Waals surface area contributed by atoms with Crippen molar-refractivity contribution in [2.24, 2.45) is 0 Å². The number of ether oxygens (including phenoxy) is 1. The largest absolute Gasteiger partial charge is 0.496 e. The summed E-state index contributed by atoms with van der Waals surface area (Å²) in [6.45, 7) is 3.91. The van der Waals surface area contributed by atoms with Crippen LogP contribution in [0.1, 0.15) is 20.7 Å². The lowest BCUT2D eigenvalue weighted by molar-refractivity contribution is 0.0959. The Morgan fingerprint density at radius 3 is 2.62 bits per heavy atom. The van der Waals surface area contributed by atoms with Gasteiger partial charge in [-0.25, -0.2) is 0 Å². The topological polar surface area (TPSA) is 67.4 Å². The van der Waals surface area contributed by atoms with E-state index in [4.69, 9.17) is 4.74 Å². The third-order valence-corrected chi connectivity index (χ3v) is 3.73. The Hall–Kier alpha value is -2.60. The number of rotatable bonds is 6. The van der Waals surface area contributed by atoms with Gasteiger partial charge < -0.3 is 15.4 Å². The van der Waals surface area contributed by atoms with Gasteiger partial charge in [0.05, 0.1) is 23.9 Å². The average Bonchev–Trinajstić information content (AvgIpc) is 2.60. The molecule has 2 N–H and O–H groups in total. The first-order valence-electron chi connectivity index (χ1n) is 7.20. The van der Waals surface area contributed by atoms with E-state index in [-0.39, 0.29) is 11.8 Å². The standard InChI is InChI=1S/C18H17BrN2O3/c1-3-10-20-17(22)13-6-4-5-7-15(13)21-18(23)14-11-12(19)8-9-16(14)24-2/h3-9,11H,1,10H2,2H3,(H,20,22)(H,21,23). The van der Waals surface area contributed by atoms with E-state index in [0.717, 1.165) is 4.47 Å². The van der Waals surface area contributed by atoms with E-state index in [2.05, 4.69) is 33.1 Å². The van der Waals surface area contributed by atoms with E-state index >= 15 is 0 Å². The number of anilines is 1. The Kier molecular flexibility index (Phi) is 6.14. The van der Waals surface area contributed by atoms with Crippen molar-refractivity contribution in [1.29, 1.82) is 0 Å². The Bertz CT molecular complexity index is 775. The molecule has 0 aromatic heterocycles. The molecule has 5 nitrogen and oxygen atoms in total. The molecule has 6 heteroatoms. The highest BCUT2D eigenvalue weighted by molar-refractivity contribution is 9.10. The number of carbonyl (C=O) groups is 2. The van der Waals surface area contributed by atoms with Gasteiger partial charge >= 0.3 is 0 Å². The van der Waals surface area contributed by atoms with Crippen LogP contribution < -0.4 is 15.4 Å². The number of methoxy groups -OCH3 is 1. The molecule has 2 rings (SSSR count). The summed E-state index contributed by atoms with van der Waals surface area (Å²) in [7, 11) is 1.50. The molecule has 0 aliphatic rings. The molecule has 0 saturated carbocycles. The summed E-state index contributed by atoms with van der Waals surface area (Å²) < 4.78 is 5.97. The fraction of sp³-hybridized carbons (Fsp3) is 0.111. The van der Waals surface area contributed by atoms with E-state index in [1.54, 1.807) is 48.5 Å². The molecule has 0 aliphatic carbocycles. The van der Waals surface area contributed by atoms with E-state index in [9.17, 15) is 9.59 Å². The van der Waals surface area contributed by atoms with Crippen molar-refractivity contribution in [1.82, 2.24) is 5.32 Å². The van der Waals surface area contributed by atoms with Crippen LogP contribution in [-0.4, -0.2) is 25.5 Å². The van der Waals surface area contributed by atoms with Crippen LogP contribution in [-0.2, 0) is 0 Å². The maximum absolute atomic E-state index is 12.6. The molecule has 2 aromatic carbocycles. The normalized spacial score (nSPS) is 9.92. The van der Waals surface area contributed by atoms with Gasteiger partial charge in [-0.3, -0.25) is 9.59 Å². The van der Waals surface area contributed by atoms with Crippen LogP contribution in [0.3, 0.4) is 0 Å². The number of benzene rings is 2. The summed E-state index contributed by atoms with van der Waals surface area (Å²) in [5.74, 6) is -0.201. The number of nitrogens with one attached hydrogen (secondary N) is 2. The fourth-order valence-electron chi connectivity index (χ4n) is 2.10. The first-order chi connectivity index (χ1) is 11.6. The van der Waals surface area contributed by atoms with Crippen LogP contribution in [0, 0.1) is 0 Å². The van der Waals surface area contributed by atoms with E-state index in [1.165, 1.54) is 7.11 Å². The third kappa shape index (κ3) is 4.23. The number of amides is 2. The Morgan fingerprint density at radius 1 is 1.17 bits per heavy atom. The molecule has 24 heavy (non-hydrogen) atoms. The zero-order valence-corrected chi connectivity index (χ0v) is 14.7. The van der Waals surface area contributed by atoms with E-state index in [1.807, 2.05) is 0 Å². The van der Waals surface area contributed by atoms with Crippen LogP contribution in [0.25, 0.3) is 0 Å². The lowest BCUT2D eigenvalue weighted by atomic mass is 10.1. The van der Waals surface area contributed by atoms with Crippen molar-refractivity contribution in [2.45, 2.75) is 0 Å². The molecule has 124 valence electrons. The highest BCUT2D eigenvalue weighted by atomic mass is 79.9. The molecule has 0 atom stereocenters. The van der Waals surface area contributed by atoms with Crippen molar-refractivity contribution in [3.8, 4) is 5.75 Å². The van der Waals surface area contributed by atoms with Crippen molar-refractivity contribution in [2.75, 3.05) is 19.0 Å². The van der Waals surface area contributed by atoms with Crippen LogP contribution in [0.4, 0.5) is 5.69 Å². The first-order valence-corrected chi connectivity index (χ1v) is 7.99. The molecule has 0 heterocycles. The van der Waals surface area contributed by atoms with Gasteiger partial charge in [-0.2, -0.15) is 0 Å². The minimum atomic E-state index is -0.364. The van der Waals surface area contributed by atoms with Crippen molar-refractivity contribution in [3.05, 3.63) is 70.7 Å². The minimum Gasteiger partial charge on any atom is -0.496 e. The Balaban J connectivity index is 2.28. The summed E-state index contributed by atoms with van der Waals surface area (Å²) in [4.78, 5) is 24.8. The smallest absolute Gasteiger partial charge is 0.259 e. The van der Waals surface area contributed by atoms with Gasteiger partial charge in [0, 0.05) is 11.0 Å². The summed E-state index contributed by atoms with van der Waals surface area (Å²) in [5.41, 5.74) is 1.17. The minimum absolute atomic E-state index is 0.285. The second-order valence-electron chi connectivity index (χ2n) is 4.84. The molecule has 0 radical (unpaired) electrons. The summed E-state index contributed by atoms with van der Waals surface area (Å²) in [6, 6.07) is 11.9. The first kappa shape index (κ1) is 17.7. The predicted molar refractivity (Wildman–Crippen MR) is 97.6 cm³/mol. The van der Waals surface area contributed by atoms with Crippen molar-refractivity contribution >= 4 is 33.4 Å². The second-order valence-corrected chi connectivity index (χ2v) is 5.76. The van der Waals surface area contributed by atoms with Gasteiger partial charge in [-0.1, -0.05) is 34.1 Å². The van der Waals surface area contributed by atoms with Gasteiger partial charge in [0.15, 0.2) is 0 Å². The maximum Gasteiger partial charge on any atom is 0.259 e. The molecule has 0 fully saturated rings. The number of para-hydroxylation sites is 1. The Morgan fingerprint density at radius 2 is 1.92 bits per heavy atom. The van der Waals surface area contributed by atoms with E-state index < -0.39 is 0 Å². The molecule has 2 amide bonds. The number of hydrogen-bond donors (Lipinski definition) is 2. The van der Waals surface area contributed by atoms with Gasteiger partial charge in [0.25, 0.3) is 11.8 Å². The van der Waals surface area contributed by atoms with Gasteiger partial charge in [-0.15, -0.1) is 6.58 Å². The van der Waals surface area contributed by atoms with Crippen molar-refractivity contribution < 1.29 is 14.3 Å². The van der Waals surface area contributed by atoms with Gasteiger partial charge in [0.1, 0.15) is 5.75 Å². The molecular weight excluding hydrogens is 372 g/mol. The monoisotopic (exact) mass is 388 g/mol. The van der Waals surface area contributed by atoms with Crippen LogP contribution in [0.5, 0.6) is 5.75 Å². The second kappa shape index (κ2) is 8.31. The van der Waals surface area contributed by atoms with Crippen LogP contribution >= 0.6 is 15.9 Å². The quantitative estimate of drug-likeness (QED) is 0.742. The predicted octanol–water partition coefficient (Wildman–Crippen LogP) is 3.63. The maximum atomic E-state index is 12.6. The highest BCUT2D eigenvalue weighted by Gasteiger charge is 2.16. The third-order valence-electron chi connectivity index (χ3n) is 3.23. The van der Waals surface area contributed by atoms with Crippen molar-refractivity contribution in [3.63, 3.8) is 0 Å². The molecule has 0 bridgehead atoms. The fourth-order valence-corrected chi connectivity index (χ4v) is 2.46. The zero-order valence-electron chi connectivity index (χ0n) is 13.1. The SMILES string of the molecule is C=CCNC(=O)c1ccccc1NC(=O)c1cc(Br)ccc1OC. The molecule has 0 spiro atoms. The van der Waals surface area contributed by atoms with Crippen LogP contribution in [0.2, 0.25) is 0 Å². The summed E-state index contributed by atoms with van der Waals surface area (Å²) in [5, 5.41) is 5.45. The molecular formula is C18H17BrN2O3. The number of halogens is 1. The lowest BCUT2D eigenvalue weighted by Gasteiger charge is -2.13. The van der Waals surface area contributed by atoms with Crippen LogP contribution in [0.15, 0.2) is 59.6 Å². The number of hydrogen-bond acceptors (Lipinski definition) is 3. The summed E-state index contributed by atoms with van der Waals surface area (Å²) in [6.07, 6.45) is 1.59. The molecule has 2 aromatic rings. The zero-order chi connectivity index (χ0) is 17.5. The Labute approximate surface area is 148 Å². The average molecular weight is 389 g/mol. The summed E-state index contributed by atoms with van der Waals surface area (Å²) >= 11 is 3.34. The molecule has 0 unspecified atom stereocenters. The lowest BCUT2D eigenvalue weighted by Crippen LogP contribution is -2.25. The molecule has 0 saturated heterocycles. The van der Waals surface area contributed by atoms with Gasteiger partial charge in [0.2, 0.25) is 0 Å². The molecule has 0 aliphatic heterocycles. The van der Waals surface area contributed by atoms with Gasteiger partial charge in [-0.05, 0) is 30.3 Å². The highest BCUT2D eigenvalue weighted by Crippen LogP contribution is 2.25. The van der Waals surface area contributed by atoms with E-state index in [0.29, 0.717) is 29.1 Å².